The first kappa shape index (κ1) is 17.9. The lowest BCUT2D eigenvalue weighted by Gasteiger charge is -2.33. The van der Waals surface area contributed by atoms with E-state index in [4.69, 9.17) is 5.73 Å². The molecule has 2 aliphatic heterocycles. The molecule has 3 N–H and O–H groups in total. The summed E-state index contributed by atoms with van der Waals surface area (Å²) in [6, 6.07) is 10.5. The van der Waals surface area contributed by atoms with Gasteiger partial charge in [0.2, 0.25) is 11.8 Å². The number of hydrogen-bond donors (Lipinski definition) is 2. The van der Waals surface area contributed by atoms with Crippen LogP contribution in [-0.4, -0.2) is 59.9 Å². The summed E-state index contributed by atoms with van der Waals surface area (Å²) in [7, 11) is 0. The van der Waals surface area contributed by atoms with Gasteiger partial charge in [-0.1, -0.05) is 30.3 Å². The third-order valence-electron chi connectivity index (χ3n) is 5.21. The topological polar surface area (TPSA) is 78.7 Å². The Morgan fingerprint density at radius 3 is 2.48 bits per heavy atom. The van der Waals surface area contributed by atoms with E-state index in [9.17, 15) is 9.59 Å². The molecule has 0 aromatic heterocycles. The number of carbonyl (C=O) groups is 2. The number of nitrogens with two attached hydrogens (primary N) is 1. The Morgan fingerprint density at radius 1 is 1.08 bits per heavy atom. The van der Waals surface area contributed by atoms with Crippen molar-refractivity contribution < 1.29 is 9.59 Å². The lowest BCUT2D eigenvalue weighted by atomic mass is 10.0. The Bertz CT molecular complexity index is 584. The zero-order valence-electron chi connectivity index (χ0n) is 14.7. The molecule has 25 heavy (non-hydrogen) atoms. The van der Waals surface area contributed by atoms with Gasteiger partial charge in [-0.3, -0.25) is 19.4 Å². The smallest absolute Gasteiger partial charge is 0.237 e. The van der Waals surface area contributed by atoms with Crippen molar-refractivity contribution in [2.75, 3.05) is 26.2 Å². The minimum Gasteiger partial charge on any atom is -0.369 e. The summed E-state index contributed by atoms with van der Waals surface area (Å²) in [6.07, 6.45) is 3.76. The minimum atomic E-state index is -0.287. The molecule has 0 saturated carbocycles. The standard InChI is InChI=1S/C19H28N4O2/c20-18(24)14-22-11-8-16(9-12-22)21-19(25)17-7-4-10-23(17)13-15-5-2-1-3-6-15/h1-3,5-6,16-17H,4,7-14H2,(H2,20,24)(H,21,25)/t17-/m0/s1. The van der Waals surface area contributed by atoms with Crippen LogP contribution in [0.4, 0.5) is 0 Å². The van der Waals surface area contributed by atoms with Crippen LogP contribution in [0.5, 0.6) is 0 Å². The van der Waals surface area contributed by atoms with Crippen molar-refractivity contribution in [3.63, 3.8) is 0 Å². The van der Waals surface area contributed by atoms with E-state index >= 15 is 0 Å². The quantitative estimate of drug-likeness (QED) is 0.797. The number of nitrogens with one attached hydrogen (secondary N) is 1. The second kappa shape index (κ2) is 8.45. The summed E-state index contributed by atoms with van der Waals surface area (Å²) >= 11 is 0. The van der Waals surface area contributed by atoms with Gasteiger partial charge in [0.15, 0.2) is 0 Å². The predicted molar refractivity (Wildman–Crippen MR) is 96.7 cm³/mol. The van der Waals surface area contributed by atoms with Gasteiger partial charge in [-0.25, -0.2) is 0 Å². The van der Waals surface area contributed by atoms with E-state index in [1.165, 1.54) is 5.56 Å². The Labute approximate surface area is 149 Å². The minimum absolute atomic E-state index is 0.0242. The van der Waals surface area contributed by atoms with Gasteiger partial charge in [0.1, 0.15) is 0 Å². The highest BCUT2D eigenvalue weighted by molar-refractivity contribution is 5.82. The van der Waals surface area contributed by atoms with Gasteiger partial charge < -0.3 is 11.1 Å². The Hall–Kier alpha value is -1.92. The molecule has 0 radical (unpaired) electrons. The number of likely N-dealkylation sites (tertiary alicyclic amines) is 2. The number of benzene rings is 1. The van der Waals surface area contributed by atoms with Gasteiger partial charge in [-0.2, -0.15) is 0 Å². The first-order valence-corrected chi connectivity index (χ1v) is 9.21. The summed E-state index contributed by atoms with van der Waals surface area (Å²) in [5.41, 5.74) is 6.50. The van der Waals surface area contributed by atoms with Crippen LogP contribution in [0.25, 0.3) is 0 Å². The van der Waals surface area contributed by atoms with E-state index < -0.39 is 0 Å². The molecular weight excluding hydrogens is 316 g/mol. The summed E-state index contributed by atoms with van der Waals surface area (Å²) in [5, 5.41) is 3.23. The molecule has 1 aromatic carbocycles. The fraction of sp³-hybridized carbons (Fsp3) is 0.579. The normalized spacial score (nSPS) is 22.8. The highest BCUT2D eigenvalue weighted by Crippen LogP contribution is 2.21. The highest BCUT2D eigenvalue weighted by atomic mass is 16.2. The van der Waals surface area contributed by atoms with Crippen LogP contribution >= 0.6 is 0 Å². The van der Waals surface area contributed by atoms with E-state index in [-0.39, 0.29) is 23.9 Å². The molecule has 0 aliphatic carbocycles. The van der Waals surface area contributed by atoms with Crippen molar-refractivity contribution >= 4 is 11.8 Å². The fourth-order valence-corrected chi connectivity index (χ4v) is 3.88. The molecule has 3 rings (SSSR count). The van der Waals surface area contributed by atoms with Gasteiger partial charge in [0, 0.05) is 25.7 Å². The van der Waals surface area contributed by atoms with Crippen molar-refractivity contribution in [1.82, 2.24) is 15.1 Å². The van der Waals surface area contributed by atoms with E-state index in [1.807, 2.05) is 18.2 Å². The first-order valence-electron chi connectivity index (χ1n) is 9.21. The lowest BCUT2D eigenvalue weighted by Crippen LogP contribution is -2.51. The van der Waals surface area contributed by atoms with Gasteiger partial charge >= 0.3 is 0 Å². The SMILES string of the molecule is NC(=O)CN1CCC(NC(=O)[C@@H]2CCCN2Cc2ccccc2)CC1. The maximum Gasteiger partial charge on any atom is 0.237 e. The molecule has 6 nitrogen and oxygen atoms in total. The molecule has 2 heterocycles. The monoisotopic (exact) mass is 344 g/mol. The van der Waals surface area contributed by atoms with Crippen molar-refractivity contribution in [3.8, 4) is 0 Å². The van der Waals surface area contributed by atoms with Gasteiger partial charge in [0.05, 0.1) is 12.6 Å². The number of hydrogen-bond acceptors (Lipinski definition) is 4. The van der Waals surface area contributed by atoms with Crippen LogP contribution in [0, 0.1) is 0 Å². The zero-order chi connectivity index (χ0) is 17.6. The van der Waals surface area contributed by atoms with Crippen molar-refractivity contribution in [2.24, 2.45) is 5.73 Å². The van der Waals surface area contributed by atoms with E-state index in [1.54, 1.807) is 0 Å². The predicted octanol–water partition coefficient (Wildman–Crippen LogP) is 0.717. The fourth-order valence-electron chi connectivity index (χ4n) is 3.88. The summed E-state index contributed by atoms with van der Waals surface area (Å²) < 4.78 is 0. The molecule has 0 spiro atoms. The average Bonchev–Trinajstić information content (AvgIpc) is 3.05. The third-order valence-corrected chi connectivity index (χ3v) is 5.21. The van der Waals surface area contributed by atoms with E-state index in [2.05, 4.69) is 27.2 Å². The van der Waals surface area contributed by atoms with E-state index in [0.717, 1.165) is 51.9 Å². The Morgan fingerprint density at radius 2 is 1.80 bits per heavy atom. The summed E-state index contributed by atoms with van der Waals surface area (Å²) in [5.74, 6) is -0.133. The first-order chi connectivity index (χ1) is 12.1. The molecule has 2 saturated heterocycles. The lowest BCUT2D eigenvalue weighted by molar-refractivity contribution is -0.127. The molecule has 0 unspecified atom stereocenters. The van der Waals surface area contributed by atoms with Crippen LogP contribution in [-0.2, 0) is 16.1 Å². The maximum absolute atomic E-state index is 12.7. The highest BCUT2D eigenvalue weighted by Gasteiger charge is 2.32. The molecule has 1 atom stereocenters. The second-order valence-electron chi connectivity index (χ2n) is 7.14. The summed E-state index contributed by atoms with van der Waals surface area (Å²) in [6.45, 7) is 3.74. The number of nitrogens with zero attached hydrogens (tertiary/aromatic N) is 2. The second-order valence-corrected chi connectivity index (χ2v) is 7.14. The molecule has 0 bridgehead atoms. The van der Waals surface area contributed by atoms with Gasteiger partial charge in [-0.05, 0) is 37.8 Å². The number of piperidine rings is 1. The molecule has 2 aliphatic rings. The Kier molecular flexibility index (Phi) is 6.04. The number of carbonyl (C=O) groups excluding carboxylic acids is 2. The third kappa shape index (κ3) is 5.03. The van der Waals surface area contributed by atoms with Crippen LogP contribution in [0.15, 0.2) is 30.3 Å². The van der Waals surface area contributed by atoms with Crippen LogP contribution in [0.2, 0.25) is 0 Å². The maximum atomic E-state index is 12.7. The largest absolute Gasteiger partial charge is 0.369 e. The van der Waals surface area contributed by atoms with E-state index in [0.29, 0.717) is 6.54 Å². The average molecular weight is 344 g/mol. The van der Waals surface area contributed by atoms with Crippen molar-refractivity contribution in [2.45, 2.75) is 44.3 Å². The molecular formula is C19H28N4O2. The molecule has 2 amide bonds. The van der Waals surface area contributed by atoms with Crippen LogP contribution in [0.3, 0.4) is 0 Å². The van der Waals surface area contributed by atoms with Crippen LogP contribution in [0.1, 0.15) is 31.2 Å². The molecule has 136 valence electrons. The molecule has 1 aromatic rings. The molecule has 2 fully saturated rings. The van der Waals surface area contributed by atoms with Crippen molar-refractivity contribution in [3.05, 3.63) is 35.9 Å². The zero-order valence-corrected chi connectivity index (χ0v) is 14.7. The number of primary amides is 1. The molecule has 6 heteroatoms. The van der Waals surface area contributed by atoms with Gasteiger partial charge in [0.25, 0.3) is 0 Å². The number of amides is 2. The van der Waals surface area contributed by atoms with Crippen molar-refractivity contribution in [1.29, 1.82) is 0 Å². The summed E-state index contributed by atoms with van der Waals surface area (Å²) in [4.78, 5) is 28.1. The Balaban J connectivity index is 1.48. The van der Waals surface area contributed by atoms with Crippen LogP contribution < -0.4 is 11.1 Å². The number of rotatable bonds is 6. The van der Waals surface area contributed by atoms with Gasteiger partial charge in [-0.15, -0.1) is 0 Å².